The molecule has 0 aromatic rings. The molecule has 0 bridgehead atoms. The summed E-state index contributed by atoms with van der Waals surface area (Å²) in [5.41, 5.74) is 4.42. The summed E-state index contributed by atoms with van der Waals surface area (Å²) in [4.78, 5) is 10.1. The van der Waals surface area contributed by atoms with Crippen LogP contribution < -0.4 is 5.73 Å². The fraction of sp³-hybridized carbons (Fsp3) is 1.00. The number of nitrogens with zero attached hydrogens (tertiary/aromatic N) is 1. The molecule has 0 aliphatic rings. The first-order valence-electron chi connectivity index (χ1n) is 2.94. The first-order valence-corrected chi connectivity index (χ1v) is 2.94. The minimum Gasteiger partial charge on any atom is -0.323 e. The van der Waals surface area contributed by atoms with Crippen LogP contribution in [0.15, 0.2) is 5.18 Å². The van der Waals surface area contributed by atoms with Crippen molar-refractivity contribution in [3.8, 4) is 0 Å². The van der Waals surface area contributed by atoms with E-state index in [-0.39, 0.29) is 0 Å². The van der Waals surface area contributed by atoms with Crippen molar-refractivity contribution in [3.05, 3.63) is 4.91 Å². The first kappa shape index (κ1) is 8.56. The maximum atomic E-state index is 10.1. The Hall–Kier alpha value is -0.440. The van der Waals surface area contributed by atoms with Crippen molar-refractivity contribution in [1.82, 2.24) is 0 Å². The largest absolute Gasteiger partial charge is 0.323 e. The lowest BCUT2D eigenvalue weighted by molar-refractivity contribution is 0.310. The number of rotatable bonds is 2. The van der Waals surface area contributed by atoms with Crippen LogP contribution in [0, 0.1) is 4.91 Å². The predicted octanol–water partition coefficient (Wildman–Crippen LogP) is 1.27. The average molecular weight is 130 g/mol. The van der Waals surface area contributed by atoms with Gasteiger partial charge in [0, 0.05) is 5.54 Å². The third-order valence-corrected chi connectivity index (χ3v) is 1.81. The highest BCUT2D eigenvalue weighted by Gasteiger charge is 2.34. The molecule has 0 aromatic heterocycles. The molecule has 0 spiro atoms. The van der Waals surface area contributed by atoms with E-state index >= 15 is 0 Å². The zero-order valence-electron chi connectivity index (χ0n) is 6.43. The van der Waals surface area contributed by atoms with Crippen molar-refractivity contribution in [2.45, 2.75) is 38.8 Å². The molecule has 0 amide bonds. The summed E-state index contributed by atoms with van der Waals surface area (Å²) in [6, 6.07) is 0. The monoisotopic (exact) mass is 130 g/mol. The summed E-state index contributed by atoms with van der Waals surface area (Å²) in [6.07, 6.45) is 0. The Morgan fingerprint density at radius 1 is 1.22 bits per heavy atom. The lowest BCUT2D eigenvalue weighted by Gasteiger charge is -2.31. The standard InChI is InChI=1S/C6H14N2O/c1-5(2,7)6(3,4)8-9/h7H2,1-4H3. The van der Waals surface area contributed by atoms with Gasteiger partial charge in [-0.2, -0.15) is 4.91 Å². The highest BCUT2D eigenvalue weighted by molar-refractivity contribution is 4.96. The Balaban J connectivity index is 4.32. The van der Waals surface area contributed by atoms with Crippen LogP contribution in [-0.4, -0.2) is 11.1 Å². The number of nitrogens with two attached hydrogens (primary N) is 1. The molecular formula is C6H14N2O. The van der Waals surface area contributed by atoms with Crippen LogP contribution in [0.5, 0.6) is 0 Å². The summed E-state index contributed by atoms with van der Waals surface area (Å²) in [5, 5.41) is 2.92. The van der Waals surface area contributed by atoms with Crippen LogP contribution in [0.4, 0.5) is 0 Å². The van der Waals surface area contributed by atoms with Gasteiger partial charge in [-0.3, -0.25) is 0 Å². The molecule has 0 rings (SSSR count). The van der Waals surface area contributed by atoms with Crippen molar-refractivity contribution in [2.24, 2.45) is 10.9 Å². The Morgan fingerprint density at radius 2 is 1.56 bits per heavy atom. The topological polar surface area (TPSA) is 55.4 Å². The van der Waals surface area contributed by atoms with E-state index in [9.17, 15) is 4.91 Å². The van der Waals surface area contributed by atoms with E-state index < -0.39 is 11.1 Å². The van der Waals surface area contributed by atoms with Crippen LogP contribution in [-0.2, 0) is 0 Å². The third kappa shape index (κ3) is 1.75. The number of nitroso groups, excluding NO2 is 1. The van der Waals surface area contributed by atoms with E-state index in [0.717, 1.165) is 0 Å². The van der Waals surface area contributed by atoms with Crippen LogP contribution in [0.3, 0.4) is 0 Å². The maximum Gasteiger partial charge on any atom is 0.114 e. The van der Waals surface area contributed by atoms with Gasteiger partial charge in [0.1, 0.15) is 5.54 Å². The molecule has 0 fully saturated rings. The van der Waals surface area contributed by atoms with Gasteiger partial charge in [0.05, 0.1) is 0 Å². The van der Waals surface area contributed by atoms with Crippen LogP contribution >= 0.6 is 0 Å². The lowest BCUT2D eigenvalue weighted by atomic mass is 9.85. The number of hydrogen-bond donors (Lipinski definition) is 1. The van der Waals surface area contributed by atoms with Crippen molar-refractivity contribution in [2.75, 3.05) is 0 Å². The maximum absolute atomic E-state index is 10.1. The summed E-state index contributed by atoms with van der Waals surface area (Å²) in [7, 11) is 0. The zero-order chi connectivity index (χ0) is 7.71. The van der Waals surface area contributed by atoms with Gasteiger partial charge in [0.2, 0.25) is 0 Å². The molecule has 3 nitrogen and oxygen atoms in total. The molecule has 0 aromatic carbocycles. The van der Waals surface area contributed by atoms with Crippen molar-refractivity contribution in [3.63, 3.8) is 0 Å². The molecule has 54 valence electrons. The molecule has 0 unspecified atom stereocenters. The van der Waals surface area contributed by atoms with Crippen molar-refractivity contribution in [1.29, 1.82) is 0 Å². The normalized spacial score (nSPS) is 13.4. The van der Waals surface area contributed by atoms with Gasteiger partial charge >= 0.3 is 0 Å². The smallest absolute Gasteiger partial charge is 0.114 e. The Bertz CT molecular complexity index is 113. The van der Waals surface area contributed by atoms with E-state index in [0.29, 0.717) is 0 Å². The molecule has 0 saturated carbocycles. The molecule has 2 N–H and O–H groups in total. The Morgan fingerprint density at radius 3 is 1.56 bits per heavy atom. The number of hydrogen-bond acceptors (Lipinski definition) is 3. The van der Waals surface area contributed by atoms with Gasteiger partial charge in [-0.05, 0) is 27.7 Å². The molecule has 0 radical (unpaired) electrons. The molecule has 3 heteroatoms. The second-order valence-electron chi connectivity index (χ2n) is 3.37. The van der Waals surface area contributed by atoms with Gasteiger partial charge in [0.15, 0.2) is 0 Å². The van der Waals surface area contributed by atoms with Crippen LogP contribution in [0.1, 0.15) is 27.7 Å². The Kier molecular flexibility index (Phi) is 1.96. The second-order valence-corrected chi connectivity index (χ2v) is 3.37. The highest BCUT2D eigenvalue weighted by Crippen LogP contribution is 2.21. The van der Waals surface area contributed by atoms with Gasteiger partial charge in [-0.15, -0.1) is 0 Å². The molecule has 0 heterocycles. The molecular weight excluding hydrogens is 116 g/mol. The fourth-order valence-corrected chi connectivity index (χ4v) is 0.118. The highest BCUT2D eigenvalue weighted by atomic mass is 16.3. The second kappa shape index (κ2) is 2.06. The minimum absolute atomic E-state index is 0.533. The summed E-state index contributed by atoms with van der Waals surface area (Å²) in [5.74, 6) is 0. The summed E-state index contributed by atoms with van der Waals surface area (Å²) in [6.45, 7) is 7.02. The average Bonchev–Trinajstić information content (AvgIpc) is 1.64. The van der Waals surface area contributed by atoms with E-state index in [2.05, 4.69) is 5.18 Å². The Labute approximate surface area is 55.6 Å². The third-order valence-electron chi connectivity index (χ3n) is 1.81. The quantitative estimate of drug-likeness (QED) is 0.572. The van der Waals surface area contributed by atoms with Gasteiger partial charge < -0.3 is 5.73 Å². The van der Waals surface area contributed by atoms with Crippen LogP contribution in [0.2, 0.25) is 0 Å². The zero-order valence-corrected chi connectivity index (χ0v) is 6.43. The molecule has 0 saturated heterocycles. The molecule has 0 aliphatic heterocycles. The van der Waals surface area contributed by atoms with Crippen LogP contribution in [0.25, 0.3) is 0 Å². The van der Waals surface area contributed by atoms with E-state index in [1.54, 1.807) is 27.7 Å². The van der Waals surface area contributed by atoms with E-state index in [4.69, 9.17) is 5.73 Å². The van der Waals surface area contributed by atoms with Gasteiger partial charge in [0.25, 0.3) is 0 Å². The van der Waals surface area contributed by atoms with E-state index in [1.807, 2.05) is 0 Å². The molecule has 0 atom stereocenters. The predicted molar refractivity (Wildman–Crippen MR) is 38.1 cm³/mol. The van der Waals surface area contributed by atoms with Gasteiger partial charge in [-0.25, -0.2) is 0 Å². The first-order chi connectivity index (χ1) is 3.81. The summed E-state index contributed by atoms with van der Waals surface area (Å²) >= 11 is 0. The fourth-order valence-electron chi connectivity index (χ4n) is 0.118. The molecule has 0 aliphatic carbocycles. The van der Waals surface area contributed by atoms with Crippen molar-refractivity contribution < 1.29 is 0 Å². The SMILES string of the molecule is CC(C)(N)C(C)(C)N=O. The molecule has 9 heavy (non-hydrogen) atoms. The minimum atomic E-state index is -0.674. The van der Waals surface area contributed by atoms with Crippen molar-refractivity contribution >= 4 is 0 Å². The summed E-state index contributed by atoms with van der Waals surface area (Å²) < 4.78 is 0. The van der Waals surface area contributed by atoms with E-state index in [1.165, 1.54) is 0 Å². The van der Waals surface area contributed by atoms with Gasteiger partial charge in [-0.1, -0.05) is 5.18 Å². The lowest BCUT2D eigenvalue weighted by Crippen LogP contribution is -2.50.